The zero-order chi connectivity index (χ0) is 13.1. The molecule has 0 aromatic carbocycles. The lowest BCUT2D eigenvalue weighted by molar-refractivity contribution is -0.121. The van der Waals surface area contributed by atoms with E-state index in [4.69, 9.17) is 0 Å². The highest BCUT2D eigenvalue weighted by molar-refractivity contribution is 5.78. The smallest absolute Gasteiger partial charge is 0.133 e. The van der Waals surface area contributed by atoms with Crippen LogP contribution in [-0.4, -0.2) is 38.0 Å². The third kappa shape index (κ3) is 2.81. The number of anilines is 2. The number of ketones is 1. The van der Waals surface area contributed by atoms with Crippen molar-refractivity contribution in [3.63, 3.8) is 0 Å². The lowest BCUT2D eigenvalue weighted by Crippen LogP contribution is -2.35. The molecule has 1 aromatic rings. The van der Waals surface area contributed by atoms with Crippen LogP contribution in [0.1, 0.15) is 19.8 Å². The molecule has 0 saturated carbocycles. The molecule has 2 heterocycles. The van der Waals surface area contributed by atoms with Crippen molar-refractivity contribution in [2.75, 3.05) is 37.0 Å². The van der Waals surface area contributed by atoms with Gasteiger partial charge in [-0.1, -0.05) is 0 Å². The van der Waals surface area contributed by atoms with E-state index in [2.05, 4.69) is 16.0 Å². The largest absolute Gasteiger partial charge is 0.370 e. The maximum absolute atomic E-state index is 11.3. The van der Waals surface area contributed by atoms with Crippen LogP contribution in [0.2, 0.25) is 0 Å². The van der Waals surface area contributed by atoms with Crippen molar-refractivity contribution in [3.8, 4) is 0 Å². The summed E-state index contributed by atoms with van der Waals surface area (Å²) in [6, 6.07) is 4.14. The summed E-state index contributed by atoms with van der Waals surface area (Å²) in [5.41, 5.74) is 1.16. The van der Waals surface area contributed by atoms with Crippen LogP contribution in [0.5, 0.6) is 0 Å². The Bertz CT molecular complexity index is 406. The first-order valence-corrected chi connectivity index (χ1v) is 6.46. The monoisotopic (exact) mass is 247 g/mol. The fraction of sp³-hybridized carbons (Fsp3) is 0.571. The van der Waals surface area contributed by atoms with Crippen LogP contribution in [0.3, 0.4) is 0 Å². The fourth-order valence-corrected chi connectivity index (χ4v) is 2.37. The third-order valence-electron chi connectivity index (χ3n) is 3.63. The number of aromatic nitrogens is 1. The maximum Gasteiger partial charge on any atom is 0.133 e. The van der Waals surface area contributed by atoms with Gasteiger partial charge in [-0.3, -0.25) is 4.79 Å². The van der Waals surface area contributed by atoms with Gasteiger partial charge in [0, 0.05) is 33.1 Å². The second-order valence-corrected chi connectivity index (χ2v) is 5.14. The van der Waals surface area contributed by atoms with Crippen molar-refractivity contribution in [2.24, 2.45) is 5.92 Å². The highest BCUT2D eigenvalue weighted by Crippen LogP contribution is 2.24. The summed E-state index contributed by atoms with van der Waals surface area (Å²) < 4.78 is 0. The van der Waals surface area contributed by atoms with Gasteiger partial charge in [-0.15, -0.1) is 0 Å². The van der Waals surface area contributed by atoms with Gasteiger partial charge in [-0.2, -0.15) is 0 Å². The number of rotatable bonds is 3. The van der Waals surface area contributed by atoms with E-state index in [0.717, 1.165) is 37.4 Å². The summed E-state index contributed by atoms with van der Waals surface area (Å²) in [5, 5.41) is 0. The van der Waals surface area contributed by atoms with E-state index in [-0.39, 0.29) is 5.92 Å². The molecular formula is C14H21N3O. The first kappa shape index (κ1) is 12.9. The highest BCUT2D eigenvalue weighted by atomic mass is 16.1. The molecule has 1 aliphatic heterocycles. The predicted octanol–water partition coefficient (Wildman–Crippen LogP) is 1.95. The van der Waals surface area contributed by atoms with Gasteiger partial charge in [-0.05, 0) is 31.9 Å². The molecule has 2 rings (SSSR count). The van der Waals surface area contributed by atoms with E-state index in [0.29, 0.717) is 5.78 Å². The average Bonchev–Trinajstić information content (AvgIpc) is 2.39. The molecule has 4 heteroatoms. The summed E-state index contributed by atoms with van der Waals surface area (Å²) in [4.78, 5) is 20.1. The van der Waals surface area contributed by atoms with Crippen LogP contribution >= 0.6 is 0 Å². The van der Waals surface area contributed by atoms with E-state index >= 15 is 0 Å². The lowest BCUT2D eigenvalue weighted by Gasteiger charge is -2.32. The van der Waals surface area contributed by atoms with Crippen molar-refractivity contribution < 1.29 is 4.79 Å². The summed E-state index contributed by atoms with van der Waals surface area (Å²) in [6.45, 7) is 3.61. The molecule has 98 valence electrons. The fourth-order valence-electron chi connectivity index (χ4n) is 2.37. The molecule has 1 aromatic heterocycles. The minimum absolute atomic E-state index is 0.259. The molecule has 0 radical (unpaired) electrons. The van der Waals surface area contributed by atoms with Gasteiger partial charge in [0.1, 0.15) is 11.6 Å². The van der Waals surface area contributed by atoms with Gasteiger partial charge in [-0.25, -0.2) is 4.98 Å². The Kier molecular flexibility index (Phi) is 3.84. The zero-order valence-corrected chi connectivity index (χ0v) is 11.4. The highest BCUT2D eigenvalue weighted by Gasteiger charge is 2.22. The zero-order valence-electron chi connectivity index (χ0n) is 11.4. The van der Waals surface area contributed by atoms with Crippen LogP contribution in [-0.2, 0) is 4.79 Å². The van der Waals surface area contributed by atoms with E-state index in [1.807, 2.05) is 31.3 Å². The van der Waals surface area contributed by atoms with Crippen molar-refractivity contribution in [2.45, 2.75) is 19.8 Å². The van der Waals surface area contributed by atoms with Crippen LogP contribution in [0, 0.1) is 5.92 Å². The Hall–Kier alpha value is -1.58. The summed E-state index contributed by atoms with van der Waals surface area (Å²) >= 11 is 0. The molecule has 18 heavy (non-hydrogen) atoms. The quantitative estimate of drug-likeness (QED) is 0.818. The third-order valence-corrected chi connectivity index (χ3v) is 3.63. The maximum atomic E-state index is 11.3. The van der Waals surface area contributed by atoms with Crippen molar-refractivity contribution in [1.82, 2.24) is 4.98 Å². The van der Waals surface area contributed by atoms with Crippen LogP contribution < -0.4 is 9.80 Å². The Labute approximate surface area is 109 Å². The molecule has 0 atom stereocenters. The van der Waals surface area contributed by atoms with Crippen LogP contribution in [0.25, 0.3) is 0 Å². The van der Waals surface area contributed by atoms with Gasteiger partial charge >= 0.3 is 0 Å². The molecule has 4 nitrogen and oxygen atoms in total. The Balaban J connectivity index is 1.99. The molecule has 1 saturated heterocycles. The Morgan fingerprint density at radius 2 is 2.00 bits per heavy atom. The van der Waals surface area contributed by atoms with Crippen LogP contribution in [0.4, 0.5) is 11.5 Å². The molecule has 0 aliphatic carbocycles. The van der Waals surface area contributed by atoms with E-state index in [1.54, 1.807) is 6.92 Å². The van der Waals surface area contributed by atoms with Gasteiger partial charge in [0.15, 0.2) is 0 Å². The second-order valence-electron chi connectivity index (χ2n) is 5.14. The minimum atomic E-state index is 0.259. The number of Topliss-reactive ketones (excluding diaryl/α,β-unsaturated/α-hetero) is 1. The van der Waals surface area contributed by atoms with Gasteiger partial charge in [0.05, 0.1) is 11.9 Å². The molecule has 1 fully saturated rings. The molecule has 0 bridgehead atoms. The summed E-state index contributed by atoms with van der Waals surface area (Å²) in [6.07, 6.45) is 3.85. The number of hydrogen-bond acceptors (Lipinski definition) is 4. The van der Waals surface area contributed by atoms with E-state index < -0.39 is 0 Å². The number of pyridine rings is 1. The SMILES string of the molecule is CC(=O)C1CCN(c2ccc(N(C)C)nc2)CC1. The topological polar surface area (TPSA) is 36.4 Å². The number of carbonyl (C=O) groups is 1. The number of piperidine rings is 1. The number of carbonyl (C=O) groups excluding carboxylic acids is 1. The molecule has 0 spiro atoms. The van der Waals surface area contributed by atoms with Crippen molar-refractivity contribution in [1.29, 1.82) is 0 Å². The van der Waals surface area contributed by atoms with Gasteiger partial charge < -0.3 is 9.80 Å². The van der Waals surface area contributed by atoms with Gasteiger partial charge in [0.25, 0.3) is 0 Å². The average molecular weight is 247 g/mol. The first-order chi connectivity index (χ1) is 8.58. The van der Waals surface area contributed by atoms with Crippen LogP contribution in [0.15, 0.2) is 18.3 Å². The lowest BCUT2D eigenvalue weighted by atomic mass is 9.93. The van der Waals surface area contributed by atoms with Crippen molar-refractivity contribution in [3.05, 3.63) is 18.3 Å². The summed E-state index contributed by atoms with van der Waals surface area (Å²) in [5.74, 6) is 1.56. The molecule has 0 amide bonds. The normalized spacial score (nSPS) is 16.7. The second kappa shape index (κ2) is 5.38. The standard InChI is InChI=1S/C14H21N3O/c1-11(18)12-6-8-17(9-7-12)13-4-5-14(15-10-13)16(2)3/h4-5,10,12H,6-9H2,1-3H3. The molecule has 0 unspecified atom stereocenters. The van der Waals surface area contributed by atoms with Crippen molar-refractivity contribution >= 4 is 17.3 Å². The minimum Gasteiger partial charge on any atom is -0.370 e. The summed E-state index contributed by atoms with van der Waals surface area (Å²) in [7, 11) is 3.97. The molecule has 1 aliphatic rings. The Morgan fingerprint density at radius 3 is 2.44 bits per heavy atom. The Morgan fingerprint density at radius 1 is 1.33 bits per heavy atom. The first-order valence-electron chi connectivity index (χ1n) is 6.46. The molecular weight excluding hydrogens is 226 g/mol. The van der Waals surface area contributed by atoms with E-state index in [9.17, 15) is 4.79 Å². The number of nitrogens with zero attached hydrogens (tertiary/aromatic N) is 3. The number of hydrogen-bond donors (Lipinski definition) is 0. The van der Waals surface area contributed by atoms with E-state index in [1.165, 1.54) is 0 Å². The predicted molar refractivity (Wildman–Crippen MR) is 74.2 cm³/mol. The molecule has 0 N–H and O–H groups in total. The van der Waals surface area contributed by atoms with Gasteiger partial charge in [0.2, 0.25) is 0 Å².